The first kappa shape index (κ1) is 19.4. The second kappa shape index (κ2) is 7.32. The van der Waals surface area contributed by atoms with E-state index in [-0.39, 0.29) is 11.6 Å². The number of carboxylic acids is 1. The molecule has 8 heteroatoms. The van der Waals surface area contributed by atoms with Crippen molar-refractivity contribution in [1.82, 2.24) is 9.97 Å². The normalized spacial score (nSPS) is 11.1. The van der Waals surface area contributed by atoms with Crippen molar-refractivity contribution >= 4 is 34.2 Å². The Balaban J connectivity index is 2.25. The van der Waals surface area contributed by atoms with E-state index in [0.29, 0.717) is 33.9 Å². The molecule has 0 unspecified atom stereocenters. The van der Waals surface area contributed by atoms with Gasteiger partial charge in [-0.25, -0.2) is 20.6 Å². The van der Waals surface area contributed by atoms with Crippen LogP contribution in [0.5, 0.6) is 0 Å². The summed E-state index contributed by atoms with van der Waals surface area (Å²) >= 11 is 0. The van der Waals surface area contributed by atoms with Gasteiger partial charge in [-0.05, 0) is 44.2 Å². The second-order valence-corrected chi connectivity index (χ2v) is 6.99. The number of hydrogen-bond acceptors (Lipinski definition) is 7. The van der Waals surface area contributed by atoms with Crippen LogP contribution in [0.3, 0.4) is 0 Å². The summed E-state index contributed by atoms with van der Waals surface area (Å²) in [5.74, 6) is 5.46. The zero-order chi connectivity index (χ0) is 20.6. The van der Waals surface area contributed by atoms with Crippen molar-refractivity contribution in [3.05, 3.63) is 42.0 Å². The molecule has 5 N–H and O–H groups in total. The van der Waals surface area contributed by atoms with Gasteiger partial charge in [0.2, 0.25) is 0 Å². The van der Waals surface area contributed by atoms with Gasteiger partial charge >= 0.3 is 5.97 Å². The minimum atomic E-state index is -0.999. The molecule has 0 fully saturated rings. The largest absolute Gasteiger partial charge is 0.478 e. The molecule has 0 bridgehead atoms. The zero-order valence-electron chi connectivity index (χ0n) is 16.3. The molecule has 1 heterocycles. The molecule has 0 radical (unpaired) electrons. The average molecular weight is 380 g/mol. The van der Waals surface area contributed by atoms with Crippen molar-refractivity contribution in [3.63, 3.8) is 0 Å². The van der Waals surface area contributed by atoms with Crippen LogP contribution in [0.4, 0.5) is 17.2 Å². The maximum atomic E-state index is 11.3. The third-order valence-electron chi connectivity index (χ3n) is 4.68. The molecule has 0 amide bonds. The first-order valence-electron chi connectivity index (χ1n) is 8.85. The highest BCUT2D eigenvalue weighted by molar-refractivity contribution is 5.93. The Bertz CT molecular complexity index is 1050. The summed E-state index contributed by atoms with van der Waals surface area (Å²) in [4.78, 5) is 22.8. The summed E-state index contributed by atoms with van der Waals surface area (Å²) in [6.45, 7) is 4.09. The van der Waals surface area contributed by atoms with Crippen LogP contribution in [0, 0.1) is 0 Å². The standard InChI is InChI=1S/C20H24N6O2/c1-11(2)25(3)19-18(12-6-8-17(26(4)22)14(21)9-12)23-15-7-5-13(20(27)28)10-16(15)24-19/h5-11H,21-22H2,1-4H3,(H,27,28). The van der Waals surface area contributed by atoms with Crippen LogP contribution in [0.15, 0.2) is 36.4 Å². The predicted molar refractivity (Wildman–Crippen MR) is 112 cm³/mol. The van der Waals surface area contributed by atoms with Crippen LogP contribution in [0.25, 0.3) is 22.3 Å². The SMILES string of the molecule is CC(C)N(C)c1nc2cc(C(=O)O)ccc2nc1-c1ccc(N(C)N)c(N)c1. The minimum Gasteiger partial charge on any atom is -0.478 e. The van der Waals surface area contributed by atoms with Gasteiger partial charge in [0.1, 0.15) is 5.69 Å². The molecule has 1 aromatic heterocycles. The molecule has 8 nitrogen and oxygen atoms in total. The number of aromatic carboxylic acids is 1. The van der Waals surface area contributed by atoms with Crippen LogP contribution in [0.2, 0.25) is 0 Å². The first-order chi connectivity index (χ1) is 13.2. The van der Waals surface area contributed by atoms with Crippen LogP contribution < -0.4 is 21.5 Å². The van der Waals surface area contributed by atoms with Gasteiger partial charge in [-0.1, -0.05) is 6.07 Å². The third kappa shape index (κ3) is 3.54. The van der Waals surface area contributed by atoms with Gasteiger partial charge in [0.15, 0.2) is 5.82 Å². The van der Waals surface area contributed by atoms with E-state index in [4.69, 9.17) is 21.5 Å². The number of carboxylic acid groups (broad SMARTS) is 1. The lowest BCUT2D eigenvalue weighted by Gasteiger charge is -2.25. The van der Waals surface area contributed by atoms with Gasteiger partial charge in [-0.15, -0.1) is 0 Å². The summed E-state index contributed by atoms with van der Waals surface area (Å²) in [5.41, 5.74) is 10.2. The third-order valence-corrected chi connectivity index (χ3v) is 4.68. The predicted octanol–water partition coefficient (Wildman–Crippen LogP) is 2.73. The van der Waals surface area contributed by atoms with Crippen LogP contribution >= 0.6 is 0 Å². The average Bonchev–Trinajstić information content (AvgIpc) is 2.65. The summed E-state index contributed by atoms with van der Waals surface area (Å²) < 4.78 is 0. The minimum absolute atomic E-state index is 0.167. The molecule has 0 aliphatic rings. The molecule has 0 spiro atoms. The number of nitrogen functional groups attached to an aromatic ring is 1. The van der Waals surface area contributed by atoms with E-state index in [0.717, 1.165) is 5.56 Å². The zero-order valence-corrected chi connectivity index (χ0v) is 16.3. The second-order valence-electron chi connectivity index (χ2n) is 6.99. The number of rotatable bonds is 5. The van der Waals surface area contributed by atoms with E-state index < -0.39 is 5.97 Å². The quantitative estimate of drug-likeness (QED) is 0.351. The fourth-order valence-electron chi connectivity index (χ4n) is 2.89. The molecule has 146 valence electrons. The Hall–Kier alpha value is -3.39. The molecule has 0 aliphatic heterocycles. The van der Waals surface area contributed by atoms with Gasteiger partial charge in [0, 0.05) is 25.7 Å². The number of hydrazine groups is 1. The highest BCUT2D eigenvalue weighted by atomic mass is 16.4. The van der Waals surface area contributed by atoms with E-state index in [1.807, 2.05) is 44.0 Å². The molecule has 0 atom stereocenters. The van der Waals surface area contributed by atoms with Gasteiger partial charge < -0.3 is 20.7 Å². The molecule has 0 saturated carbocycles. The number of benzene rings is 2. The number of nitrogens with two attached hydrogens (primary N) is 2. The Kier molecular flexibility index (Phi) is 5.06. The van der Waals surface area contributed by atoms with Gasteiger partial charge in [-0.2, -0.15) is 0 Å². The number of hydrogen-bond donors (Lipinski definition) is 3. The van der Waals surface area contributed by atoms with Crippen molar-refractivity contribution in [2.45, 2.75) is 19.9 Å². The highest BCUT2D eigenvalue weighted by Crippen LogP contribution is 2.33. The van der Waals surface area contributed by atoms with Gasteiger partial charge in [0.25, 0.3) is 0 Å². The van der Waals surface area contributed by atoms with Crippen molar-refractivity contribution < 1.29 is 9.90 Å². The van der Waals surface area contributed by atoms with E-state index >= 15 is 0 Å². The monoisotopic (exact) mass is 380 g/mol. The number of aromatic nitrogens is 2. The molecule has 3 aromatic rings. The maximum absolute atomic E-state index is 11.3. The lowest BCUT2D eigenvalue weighted by atomic mass is 10.1. The van der Waals surface area contributed by atoms with Crippen LogP contribution in [-0.4, -0.2) is 41.2 Å². The topological polar surface area (TPSA) is 122 Å². The van der Waals surface area contributed by atoms with E-state index in [2.05, 4.69) is 0 Å². The molecule has 0 saturated heterocycles. The van der Waals surface area contributed by atoms with Crippen molar-refractivity contribution in [2.75, 3.05) is 29.7 Å². The van der Waals surface area contributed by atoms with Gasteiger partial charge in [-0.3, -0.25) is 0 Å². The Morgan fingerprint density at radius 3 is 2.36 bits per heavy atom. The van der Waals surface area contributed by atoms with Crippen LogP contribution in [0.1, 0.15) is 24.2 Å². The summed E-state index contributed by atoms with van der Waals surface area (Å²) in [7, 11) is 3.65. The summed E-state index contributed by atoms with van der Waals surface area (Å²) in [6.07, 6.45) is 0. The summed E-state index contributed by atoms with van der Waals surface area (Å²) in [6, 6.07) is 10.4. The number of carbonyl (C=O) groups is 1. The van der Waals surface area contributed by atoms with E-state index in [1.54, 1.807) is 13.1 Å². The van der Waals surface area contributed by atoms with Crippen LogP contribution in [-0.2, 0) is 0 Å². The maximum Gasteiger partial charge on any atom is 0.335 e. The van der Waals surface area contributed by atoms with Crippen molar-refractivity contribution in [3.8, 4) is 11.3 Å². The lowest BCUT2D eigenvalue weighted by Crippen LogP contribution is -2.27. The number of fused-ring (bicyclic) bond motifs is 1. The number of nitrogens with zero attached hydrogens (tertiary/aromatic N) is 4. The molecule has 0 aliphatic carbocycles. The number of anilines is 3. The molecule has 28 heavy (non-hydrogen) atoms. The Morgan fingerprint density at radius 2 is 1.79 bits per heavy atom. The van der Waals surface area contributed by atoms with Gasteiger partial charge in [0.05, 0.1) is 28.0 Å². The van der Waals surface area contributed by atoms with Crippen molar-refractivity contribution in [2.24, 2.45) is 5.84 Å². The highest BCUT2D eigenvalue weighted by Gasteiger charge is 2.18. The Morgan fingerprint density at radius 1 is 1.07 bits per heavy atom. The fraction of sp³-hybridized carbons (Fsp3) is 0.250. The molecular weight excluding hydrogens is 356 g/mol. The Labute approximate surface area is 163 Å². The smallest absolute Gasteiger partial charge is 0.335 e. The summed E-state index contributed by atoms with van der Waals surface area (Å²) in [5, 5.41) is 10.7. The fourth-order valence-corrected chi connectivity index (χ4v) is 2.89. The van der Waals surface area contributed by atoms with E-state index in [1.165, 1.54) is 17.1 Å². The molecular formula is C20H24N6O2. The molecule has 2 aromatic carbocycles. The first-order valence-corrected chi connectivity index (χ1v) is 8.85. The molecule has 3 rings (SSSR count). The van der Waals surface area contributed by atoms with E-state index in [9.17, 15) is 9.90 Å². The van der Waals surface area contributed by atoms with Crippen molar-refractivity contribution in [1.29, 1.82) is 0 Å². The lowest BCUT2D eigenvalue weighted by molar-refractivity contribution is 0.0697.